The highest BCUT2D eigenvalue weighted by atomic mass is 79.9. The molecule has 0 fully saturated rings. The van der Waals surface area contributed by atoms with E-state index in [1.807, 2.05) is 39.0 Å². The average molecular weight is 458 g/mol. The van der Waals surface area contributed by atoms with Crippen molar-refractivity contribution >= 4 is 39.2 Å². The number of carbonyl (C=O) groups excluding carboxylic acids is 1. The molecule has 2 N–H and O–H groups in total. The highest BCUT2D eigenvalue weighted by Gasteiger charge is 2.22. The zero-order chi connectivity index (χ0) is 21.2. The highest BCUT2D eigenvalue weighted by Crippen LogP contribution is 2.27. The highest BCUT2D eigenvalue weighted by molar-refractivity contribution is 9.10. The van der Waals surface area contributed by atoms with Crippen LogP contribution in [0, 0.1) is 10.1 Å². The number of urea groups is 1. The lowest BCUT2D eigenvalue weighted by atomic mass is 9.92. The molecule has 1 aromatic heterocycles. The summed E-state index contributed by atoms with van der Waals surface area (Å²) in [5.41, 5.74) is 1.73. The molecule has 150 valence electrons. The summed E-state index contributed by atoms with van der Waals surface area (Å²) in [6.07, 6.45) is 0. The molecule has 0 saturated carbocycles. The van der Waals surface area contributed by atoms with Crippen LogP contribution in [0.15, 0.2) is 59.1 Å². The Morgan fingerprint density at radius 3 is 2.34 bits per heavy atom. The topological polar surface area (TPSA) is 102 Å². The number of rotatable bonds is 4. The number of carbonyl (C=O) groups is 1. The molecule has 0 bridgehead atoms. The van der Waals surface area contributed by atoms with Gasteiger partial charge >= 0.3 is 6.03 Å². The van der Waals surface area contributed by atoms with Crippen LogP contribution in [-0.4, -0.2) is 20.7 Å². The van der Waals surface area contributed by atoms with E-state index in [1.54, 1.807) is 28.9 Å². The van der Waals surface area contributed by atoms with Gasteiger partial charge in [0.05, 0.1) is 22.0 Å². The second-order valence-corrected chi connectivity index (χ2v) is 8.26. The van der Waals surface area contributed by atoms with Gasteiger partial charge in [0, 0.05) is 28.1 Å². The van der Waals surface area contributed by atoms with E-state index >= 15 is 0 Å². The molecular formula is C20H20BrN5O3. The second-order valence-electron chi connectivity index (χ2n) is 7.41. The van der Waals surface area contributed by atoms with Crippen molar-refractivity contribution in [2.45, 2.75) is 26.2 Å². The first-order chi connectivity index (χ1) is 13.6. The Bertz CT molecular complexity index is 1050. The van der Waals surface area contributed by atoms with Crippen LogP contribution < -0.4 is 10.6 Å². The molecule has 9 heteroatoms. The first kappa shape index (κ1) is 20.5. The number of benzene rings is 2. The number of nitro benzene ring substituents is 1. The summed E-state index contributed by atoms with van der Waals surface area (Å²) in [6, 6.07) is 14.6. The monoisotopic (exact) mass is 457 g/mol. The quantitative estimate of drug-likeness (QED) is 0.399. The number of halogens is 1. The molecule has 0 aliphatic rings. The first-order valence-corrected chi connectivity index (χ1v) is 9.62. The van der Waals surface area contributed by atoms with Gasteiger partial charge in [-0.1, -0.05) is 32.9 Å². The number of para-hydroxylation sites is 1. The van der Waals surface area contributed by atoms with Crippen molar-refractivity contribution < 1.29 is 9.72 Å². The van der Waals surface area contributed by atoms with Crippen LogP contribution in [0.4, 0.5) is 22.0 Å². The van der Waals surface area contributed by atoms with Gasteiger partial charge in [0.15, 0.2) is 0 Å². The van der Waals surface area contributed by atoms with Crippen LogP contribution in [-0.2, 0) is 5.41 Å². The van der Waals surface area contributed by atoms with Crippen LogP contribution in [0.25, 0.3) is 5.69 Å². The van der Waals surface area contributed by atoms with Crippen molar-refractivity contribution in [2.24, 2.45) is 0 Å². The van der Waals surface area contributed by atoms with E-state index in [2.05, 4.69) is 31.7 Å². The molecule has 0 aliphatic heterocycles. The standard InChI is InChI=1S/C20H20BrN5O3/c1-20(2,3)17-12-18(23-19(27)22-16-7-5-4-6-15(16)21)25(24-17)13-8-10-14(11-9-13)26(28)29/h4-12H,1-3H3,(H2,22,23,27). The van der Waals surface area contributed by atoms with E-state index in [0.717, 1.165) is 10.2 Å². The molecule has 2 aromatic carbocycles. The third kappa shape index (κ3) is 4.80. The van der Waals surface area contributed by atoms with Crippen molar-refractivity contribution in [3.05, 3.63) is 74.9 Å². The molecule has 3 rings (SSSR count). The molecule has 8 nitrogen and oxygen atoms in total. The summed E-state index contributed by atoms with van der Waals surface area (Å²) in [7, 11) is 0. The Balaban J connectivity index is 1.92. The molecular weight excluding hydrogens is 438 g/mol. The van der Waals surface area contributed by atoms with Crippen molar-refractivity contribution in [1.29, 1.82) is 0 Å². The van der Waals surface area contributed by atoms with E-state index < -0.39 is 11.0 Å². The fraction of sp³-hybridized carbons (Fsp3) is 0.200. The third-order valence-electron chi connectivity index (χ3n) is 4.15. The Hall–Kier alpha value is -3.20. The summed E-state index contributed by atoms with van der Waals surface area (Å²) in [6.45, 7) is 6.04. The van der Waals surface area contributed by atoms with E-state index in [-0.39, 0.29) is 11.1 Å². The number of aromatic nitrogens is 2. The Morgan fingerprint density at radius 2 is 1.76 bits per heavy atom. The van der Waals surface area contributed by atoms with Crippen molar-refractivity contribution in [3.63, 3.8) is 0 Å². The fourth-order valence-corrected chi connectivity index (χ4v) is 2.97. The van der Waals surface area contributed by atoms with Crippen molar-refractivity contribution in [1.82, 2.24) is 9.78 Å². The van der Waals surface area contributed by atoms with E-state index in [1.165, 1.54) is 12.1 Å². The van der Waals surface area contributed by atoms with Gasteiger partial charge in [-0.15, -0.1) is 0 Å². The van der Waals surface area contributed by atoms with Crippen LogP contribution in [0.5, 0.6) is 0 Å². The van der Waals surface area contributed by atoms with Gasteiger partial charge in [-0.3, -0.25) is 15.4 Å². The predicted molar refractivity (Wildman–Crippen MR) is 116 cm³/mol. The summed E-state index contributed by atoms with van der Waals surface area (Å²) in [5, 5.41) is 21.1. The summed E-state index contributed by atoms with van der Waals surface area (Å²) < 4.78 is 2.32. The molecule has 0 aliphatic carbocycles. The van der Waals surface area contributed by atoms with Gasteiger partial charge in [0.2, 0.25) is 0 Å². The maximum absolute atomic E-state index is 12.5. The zero-order valence-corrected chi connectivity index (χ0v) is 17.7. The number of nitrogens with zero attached hydrogens (tertiary/aromatic N) is 3. The molecule has 1 heterocycles. The van der Waals surface area contributed by atoms with Crippen molar-refractivity contribution in [3.8, 4) is 5.69 Å². The molecule has 0 unspecified atom stereocenters. The Kier molecular flexibility index (Phi) is 5.69. The first-order valence-electron chi connectivity index (χ1n) is 8.83. The number of hydrogen-bond acceptors (Lipinski definition) is 4. The lowest BCUT2D eigenvalue weighted by Gasteiger charge is -2.14. The summed E-state index contributed by atoms with van der Waals surface area (Å²) in [5.74, 6) is 0.452. The number of non-ortho nitro benzene ring substituents is 1. The zero-order valence-electron chi connectivity index (χ0n) is 16.1. The van der Waals surface area contributed by atoms with Gasteiger partial charge in [0.1, 0.15) is 5.82 Å². The lowest BCUT2D eigenvalue weighted by molar-refractivity contribution is -0.384. The smallest absolute Gasteiger partial charge is 0.307 e. The minimum absolute atomic E-state index is 0.0156. The molecule has 2 amide bonds. The number of nitro groups is 1. The van der Waals surface area contributed by atoms with E-state index in [0.29, 0.717) is 17.2 Å². The van der Waals surface area contributed by atoms with Crippen LogP contribution in [0.2, 0.25) is 0 Å². The largest absolute Gasteiger partial charge is 0.324 e. The van der Waals surface area contributed by atoms with Gasteiger partial charge in [0.25, 0.3) is 5.69 Å². The van der Waals surface area contributed by atoms with Gasteiger partial charge in [-0.25, -0.2) is 9.48 Å². The van der Waals surface area contributed by atoms with Gasteiger partial charge in [-0.05, 0) is 40.2 Å². The molecule has 0 radical (unpaired) electrons. The third-order valence-corrected chi connectivity index (χ3v) is 4.84. The van der Waals surface area contributed by atoms with Gasteiger partial charge in [-0.2, -0.15) is 5.10 Å². The minimum Gasteiger partial charge on any atom is -0.307 e. The fourth-order valence-electron chi connectivity index (χ4n) is 2.58. The summed E-state index contributed by atoms with van der Waals surface area (Å²) in [4.78, 5) is 23.0. The van der Waals surface area contributed by atoms with Crippen LogP contribution >= 0.6 is 15.9 Å². The normalized spacial score (nSPS) is 11.2. The molecule has 3 aromatic rings. The Morgan fingerprint density at radius 1 is 1.10 bits per heavy atom. The number of nitrogens with one attached hydrogen (secondary N) is 2. The number of anilines is 2. The van der Waals surface area contributed by atoms with Gasteiger partial charge < -0.3 is 5.32 Å². The second kappa shape index (κ2) is 8.04. The van der Waals surface area contributed by atoms with Crippen LogP contribution in [0.3, 0.4) is 0 Å². The van der Waals surface area contributed by atoms with E-state index in [4.69, 9.17) is 0 Å². The minimum atomic E-state index is -0.461. The molecule has 0 atom stereocenters. The van der Waals surface area contributed by atoms with E-state index in [9.17, 15) is 14.9 Å². The SMILES string of the molecule is CC(C)(C)c1cc(NC(=O)Nc2ccccc2Br)n(-c2ccc([N+](=O)[O-])cc2)n1. The number of hydrogen-bond donors (Lipinski definition) is 2. The molecule has 29 heavy (non-hydrogen) atoms. The van der Waals surface area contributed by atoms with Crippen molar-refractivity contribution in [2.75, 3.05) is 10.6 Å². The Labute approximate surface area is 176 Å². The maximum atomic E-state index is 12.5. The predicted octanol–water partition coefficient (Wildman–Crippen LogP) is 5.48. The van der Waals surface area contributed by atoms with Crippen LogP contribution in [0.1, 0.15) is 26.5 Å². The summed E-state index contributed by atoms with van der Waals surface area (Å²) >= 11 is 3.39. The maximum Gasteiger partial charge on any atom is 0.324 e. The average Bonchev–Trinajstić information content (AvgIpc) is 3.08. The molecule has 0 spiro atoms. The molecule has 0 saturated heterocycles. The lowest BCUT2D eigenvalue weighted by Crippen LogP contribution is -2.21. The number of amides is 2.